The number of sulfonamides is 1. The first-order valence-corrected chi connectivity index (χ1v) is 9.21. The van der Waals surface area contributed by atoms with Gasteiger partial charge in [0.05, 0.1) is 17.3 Å². The lowest BCUT2D eigenvalue weighted by Crippen LogP contribution is -2.20. The van der Waals surface area contributed by atoms with Gasteiger partial charge >= 0.3 is 0 Å². The van der Waals surface area contributed by atoms with Gasteiger partial charge in [0, 0.05) is 13.6 Å². The molecule has 0 amide bonds. The Balaban J connectivity index is 1.70. The summed E-state index contributed by atoms with van der Waals surface area (Å²) in [6.07, 6.45) is 1.63. The molecule has 132 valence electrons. The van der Waals surface area contributed by atoms with E-state index in [1.165, 1.54) is 7.05 Å². The Bertz CT molecular complexity index is 997. The van der Waals surface area contributed by atoms with Crippen molar-refractivity contribution in [1.82, 2.24) is 24.5 Å². The number of hydrogen-bond donors (Lipinski definition) is 3. The van der Waals surface area contributed by atoms with Crippen molar-refractivity contribution in [1.29, 1.82) is 0 Å². The van der Waals surface area contributed by atoms with Gasteiger partial charge in [0.15, 0.2) is 5.65 Å². The predicted octanol–water partition coefficient (Wildman–Crippen LogP) is 0.607. The molecule has 3 aromatic rings. The Labute approximate surface area is 145 Å². The van der Waals surface area contributed by atoms with Crippen molar-refractivity contribution in [3.63, 3.8) is 0 Å². The lowest BCUT2D eigenvalue weighted by Gasteiger charge is -2.08. The second-order valence-electron chi connectivity index (χ2n) is 5.57. The molecule has 2 heterocycles. The number of nitrogen functional groups attached to an aromatic ring is 1. The van der Waals surface area contributed by atoms with Gasteiger partial charge in [-0.05, 0) is 18.2 Å². The van der Waals surface area contributed by atoms with E-state index < -0.39 is 10.0 Å². The molecule has 0 atom stereocenters. The van der Waals surface area contributed by atoms with E-state index in [4.69, 9.17) is 5.73 Å². The number of benzene rings is 1. The predicted molar refractivity (Wildman–Crippen MR) is 96.2 cm³/mol. The highest BCUT2D eigenvalue weighted by Gasteiger charge is 2.10. The fraction of sp³-hybridized carbons (Fsp3) is 0.267. The Kier molecular flexibility index (Phi) is 4.55. The fourth-order valence-electron chi connectivity index (χ4n) is 2.35. The Morgan fingerprint density at radius 3 is 2.52 bits per heavy atom. The molecule has 0 saturated carbocycles. The highest BCUT2D eigenvalue weighted by atomic mass is 32.2. The lowest BCUT2D eigenvalue weighted by atomic mass is 10.1. The molecule has 0 spiro atoms. The third-order valence-electron chi connectivity index (χ3n) is 3.76. The molecular formula is C15H19N7O2S. The van der Waals surface area contributed by atoms with E-state index in [1.54, 1.807) is 30.1 Å². The highest BCUT2D eigenvalue weighted by Crippen LogP contribution is 2.18. The highest BCUT2D eigenvalue weighted by molar-refractivity contribution is 7.88. The second kappa shape index (κ2) is 6.65. The first kappa shape index (κ1) is 17.1. The minimum atomic E-state index is -3.27. The van der Waals surface area contributed by atoms with Crippen LogP contribution in [0.3, 0.4) is 0 Å². The van der Waals surface area contributed by atoms with Crippen LogP contribution < -0.4 is 15.8 Å². The lowest BCUT2D eigenvalue weighted by molar-refractivity contribution is 0.587. The zero-order valence-corrected chi connectivity index (χ0v) is 14.7. The third-order valence-corrected chi connectivity index (χ3v) is 5.10. The summed E-state index contributed by atoms with van der Waals surface area (Å²) in [4.78, 5) is 8.62. The smallest absolute Gasteiger partial charge is 0.226 e. The molecule has 25 heavy (non-hydrogen) atoms. The minimum Gasteiger partial charge on any atom is -0.383 e. The largest absolute Gasteiger partial charge is 0.383 e. The van der Waals surface area contributed by atoms with E-state index >= 15 is 0 Å². The van der Waals surface area contributed by atoms with Crippen LogP contribution in [0.15, 0.2) is 30.5 Å². The van der Waals surface area contributed by atoms with Gasteiger partial charge in [0.2, 0.25) is 16.0 Å². The SMILES string of the molecule is CNS(=O)(=O)Cc1ccc(CNc2nc(N)c3cnn(C)c3n2)cc1. The maximum atomic E-state index is 11.5. The van der Waals surface area contributed by atoms with Crippen LogP contribution in [0.4, 0.5) is 11.8 Å². The summed E-state index contributed by atoms with van der Waals surface area (Å²) in [5.41, 5.74) is 8.27. The van der Waals surface area contributed by atoms with E-state index in [9.17, 15) is 8.42 Å². The molecule has 0 unspecified atom stereocenters. The molecule has 0 aliphatic heterocycles. The van der Waals surface area contributed by atoms with Crippen LogP contribution in [0.25, 0.3) is 11.0 Å². The molecule has 10 heteroatoms. The molecule has 0 fully saturated rings. The van der Waals surface area contributed by atoms with Gasteiger partial charge in [-0.25, -0.2) is 13.1 Å². The van der Waals surface area contributed by atoms with Crippen molar-refractivity contribution in [3.8, 4) is 0 Å². The van der Waals surface area contributed by atoms with Crippen molar-refractivity contribution in [2.24, 2.45) is 7.05 Å². The standard InChI is InChI=1S/C15H19N7O2S/c1-17-25(23,24)9-11-5-3-10(4-6-11)7-18-15-20-13(16)12-8-19-22(2)14(12)21-15/h3-6,8,17H,7,9H2,1-2H3,(H3,16,18,20,21). The van der Waals surface area contributed by atoms with Crippen LogP contribution in [0.1, 0.15) is 11.1 Å². The number of nitrogens with zero attached hydrogens (tertiary/aromatic N) is 4. The molecule has 0 radical (unpaired) electrons. The van der Waals surface area contributed by atoms with Crippen molar-refractivity contribution < 1.29 is 8.42 Å². The van der Waals surface area contributed by atoms with Gasteiger partial charge in [-0.3, -0.25) is 4.68 Å². The molecule has 0 aliphatic carbocycles. The van der Waals surface area contributed by atoms with Crippen LogP contribution in [0, 0.1) is 0 Å². The molecule has 0 aliphatic rings. The van der Waals surface area contributed by atoms with Crippen LogP contribution in [-0.4, -0.2) is 35.2 Å². The van der Waals surface area contributed by atoms with E-state index in [1.807, 2.05) is 12.1 Å². The number of nitrogens with two attached hydrogens (primary N) is 1. The average molecular weight is 361 g/mol. The number of rotatable bonds is 6. The number of anilines is 2. The summed E-state index contributed by atoms with van der Waals surface area (Å²) >= 11 is 0. The first-order valence-electron chi connectivity index (χ1n) is 7.56. The van der Waals surface area contributed by atoms with Crippen LogP contribution in [-0.2, 0) is 29.4 Å². The van der Waals surface area contributed by atoms with Gasteiger partial charge in [-0.2, -0.15) is 15.1 Å². The number of aryl methyl sites for hydroxylation is 1. The van der Waals surface area contributed by atoms with E-state index in [2.05, 4.69) is 25.1 Å². The molecular weight excluding hydrogens is 342 g/mol. The number of nitrogens with one attached hydrogen (secondary N) is 2. The third kappa shape index (κ3) is 3.86. The fourth-order valence-corrected chi connectivity index (χ4v) is 3.12. The maximum Gasteiger partial charge on any atom is 0.226 e. The molecule has 1 aromatic carbocycles. The summed E-state index contributed by atoms with van der Waals surface area (Å²) in [5, 5.41) is 7.94. The van der Waals surface area contributed by atoms with Crippen LogP contribution >= 0.6 is 0 Å². The quantitative estimate of drug-likeness (QED) is 0.587. The summed E-state index contributed by atoms with van der Waals surface area (Å²) in [5.74, 6) is 0.734. The second-order valence-corrected chi connectivity index (χ2v) is 7.50. The van der Waals surface area contributed by atoms with E-state index in [-0.39, 0.29) is 5.75 Å². The Hall–Kier alpha value is -2.72. The monoisotopic (exact) mass is 361 g/mol. The summed E-state index contributed by atoms with van der Waals surface area (Å²) < 4.78 is 27.0. The maximum absolute atomic E-state index is 11.5. The molecule has 3 rings (SSSR count). The molecule has 2 aromatic heterocycles. The van der Waals surface area contributed by atoms with E-state index in [0.717, 1.165) is 11.1 Å². The minimum absolute atomic E-state index is 0.0476. The van der Waals surface area contributed by atoms with Gasteiger partial charge in [-0.1, -0.05) is 24.3 Å². The topological polar surface area (TPSA) is 128 Å². The summed E-state index contributed by atoms with van der Waals surface area (Å²) in [7, 11) is -0.0832. The summed E-state index contributed by atoms with van der Waals surface area (Å²) in [6, 6.07) is 7.29. The Morgan fingerprint density at radius 2 is 1.84 bits per heavy atom. The van der Waals surface area contributed by atoms with Gasteiger partial charge < -0.3 is 11.1 Å². The zero-order valence-electron chi connectivity index (χ0n) is 13.9. The normalized spacial score (nSPS) is 11.8. The van der Waals surface area contributed by atoms with Crippen LogP contribution in [0.2, 0.25) is 0 Å². The van der Waals surface area contributed by atoms with Crippen molar-refractivity contribution in [2.75, 3.05) is 18.1 Å². The molecule has 9 nitrogen and oxygen atoms in total. The van der Waals surface area contributed by atoms with Gasteiger partial charge in [0.25, 0.3) is 0 Å². The number of hydrogen-bond acceptors (Lipinski definition) is 7. The first-order chi connectivity index (χ1) is 11.9. The van der Waals surface area contributed by atoms with Gasteiger partial charge in [-0.15, -0.1) is 0 Å². The van der Waals surface area contributed by atoms with Crippen molar-refractivity contribution >= 4 is 32.8 Å². The van der Waals surface area contributed by atoms with E-state index in [0.29, 0.717) is 29.3 Å². The Morgan fingerprint density at radius 1 is 1.16 bits per heavy atom. The number of fused-ring (bicyclic) bond motifs is 1. The molecule has 0 bridgehead atoms. The van der Waals surface area contributed by atoms with Crippen molar-refractivity contribution in [3.05, 3.63) is 41.6 Å². The molecule has 0 saturated heterocycles. The zero-order chi connectivity index (χ0) is 18.0. The molecule has 4 N–H and O–H groups in total. The van der Waals surface area contributed by atoms with Crippen LogP contribution in [0.5, 0.6) is 0 Å². The van der Waals surface area contributed by atoms with Crippen molar-refractivity contribution in [2.45, 2.75) is 12.3 Å². The van der Waals surface area contributed by atoms with Gasteiger partial charge in [0.1, 0.15) is 5.82 Å². The average Bonchev–Trinajstić information content (AvgIpc) is 2.96. The number of aromatic nitrogens is 4. The summed E-state index contributed by atoms with van der Waals surface area (Å²) in [6.45, 7) is 0.488.